The molecule has 3 rings (SSSR count). The highest BCUT2D eigenvalue weighted by molar-refractivity contribution is 9.10. The summed E-state index contributed by atoms with van der Waals surface area (Å²) in [4.78, 5) is 31.5. The highest BCUT2D eigenvalue weighted by Gasteiger charge is 2.19. The van der Waals surface area contributed by atoms with E-state index in [1.807, 2.05) is 18.4 Å². The first-order valence-electron chi connectivity index (χ1n) is 8.21. The Bertz CT molecular complexity index is 992. The van der Waals surface area contributed by atoms with Crippen molar-refractivity contribution in [2.24, 2.45) is 0 Å². The van der Waals surface area contributed by atoms with Crippen molar-refractivity contribution in [1.29, 1.82) is 0 Å². The van der Waals surface area contributed by atoms with Gasteiger partial charge in [-0.1, -0.05) is 27.5 Å². The van der Waals surface area contributed by atoms with Gasteiger partial charge in [-0.3, -0.25) is 9.59 Å². The number of halogens is 2. The van der Waals surface area contributed by atoms with Crippen LogP contribution in [0.15, 0.2) is 40.9 Å². The smallest absolute Gasteiger partial charge is 0.251 e. The zero-order chi connectivity index (χ0) is 19.4. The second kappa shape index (κ2) is 8.91. The summed E-state index contributed by atoms with van der Waals surface area (Å²) >= 11 is 11.1. The average Bonchev–Trinajstić information content (AvgIpc) is 3.07. The van der Waals surface area contributed by atoms with Crippen LogP contribution >= 0.6 is 39.3 Å². The minimum atomic E-state index is -0.263. The first-order chi connectivity index (χ1) is 13.0. The molecule has 2 aromatic carbocycles. The monoisotopic (exact) mass is 465 g/mol. The third kappa shape index (κ3) is 4.72. The van der Waals surface area contributed by atoms with E-state index in [2.05, 4.69) is 31.2 Å². The molecule has 1 heterocycles. The Morgan fingerprint density at radius 2 is 2.19 bits per heavy atom. The Morgan fingerprint density at radius 1 is 1.37 bits per heavy atom. The Balaban J connectivity index is 1.86. The number of hydrogen-bond donors (Lipinski definition) is 2. The fourth-order valence-electron chi connectivity index (χ4n) is 2.69. The van der Waals surface area contributed by atoms with Crippen molar-refractivity contribution in [3.63, 3.8) is 0 Å². The molecule has 0 radical (unpaired) electrons. The molecule has 1 amide bonds. The number of carbonyl (C=O) groups excluding carboxylic acids is 2. The molecule has 27 heavy (non-hydrogen) atoms. The average molecular weight is 467 g/mol. The number of rotatable bonds is 7. The van der Waals surface area contributed by atoms with Crippen molar-refractivity contribution in [2.75, 3.05) is 12.0 Å². The topological polar surface area (TPSA) is 74.8 Å². The summed E-state index contributed by atoms with van der Waals surface area (Å²) in [5.74, 6) is 1.34. The third-order valence-corrected chi connectivity index (χ3v) is 5.66. The zero-order valence-electron chi connectivity index (χ0n) is 14.5. The van der Waals surface area contributed by atoms with Crippen molar-refractivity contribution in [3.05, 3.63) is 62.8 Å². The normalized spacial score (nSPS) is 12.1. The number of nitrogens with zero attached hydrogens (tertiary/aromatic N) is 1. The van der Waals surface area contributed by atoms with E-state index in [4.69, 9.17) is 11.6 Å². The van der Waals surface area contributed by atoms with Gasteiger partial charge in [0.2, 0.25) is 0 Å². The van der Waals surface area contributed by atoms with E-state index in [0.29, 0.717) is 26.4 Å². The lowest BCUT2D eigenvalue weighted by molar-refractivity contribution is 0.0933. The molecule has 0 unspecified atom stereocenters. The van der Waals surface area contributed by atoms with Crippen LogP contribution in [0.25, 0.3) is 11.0 Å². The lowest BCUT2D eigenvalue weighted by Gasteiger charge is -2.16. The van der Waals surface area contributed by atoms with Gasteiger partial charge in [-0.25, -0.2) is 4.98 Å². The van der Waals surface area contributed by atoms with Gasteiger partial charge in [-0.05, 0) is 54.8 Å². The van der Waals surface area contributed by atoms with Crippen LogP contribution < -0.4 is 5.32 Å². The van der Waals surface area contributed by atoms with Crippen LogP contribution in [0.2, 0.25) is 5.02 Å². The molecular formula is C19H17BrClN3O2S. The van der Waals surface area contributed by atoms with E-state index in [-0.39, 0.29) is 11.9 Å². The van der Waals surface area contributed by atoms with Gasteiger partial charge in [-0.2, -0.15) is 11.8 Å². The first-order valence-corrected chi connectivity index (χ1v) is 10.8. The number of hydrogen-bond acceptors (Lipinski definition) is 4. The predicted molar refractivity (Wildman–Crippen MR) is 114 cm³/mol. The van der Waals surface area contributed by atoms with E-state index in [1.165, 1.54) is 0 Å². The summed E-state index contributed by atoms with van der Waals surface area (Å²) < 4.78 is 0.587. The zero-order valence-corrected chi connectivity index (χ0v) is 17.6. The predicted octanol–water partition coefficient (Wildman–Crippen LogP) is 5.02. The van der Waals surface area contributed by atoms with Gasteiger partial charge in [0.25, 0.3) is 5.91 Å². The molecule has 0 spiro atoms. The molecule has 1 atom stereocenters. The second-order valence-corrected chi connectivity index (χ2v) is 8.22. The number of H-pyrrole nitrogens is 1. The number of aromatic amines is 1. The minimum Gasteiger partial charge on any atom is -0.342 e. The molecular weight excluding hydrogens is 450 g/mol. The number of aromatic nitrogens is 2. The lowest BCUT2D eigenvalue weighted by atomic mass is 10.1. The van der Waals surface area contributed by atoms with Crippen molar-refractivity contribution < 1.29 is 9.59 Å². The molecule has 1 aromatic heterocycles. The molecule has 0 saturated heterocycles. The summed E-state index contributed by atoms with van der Waals surface area (Å²) in [5.41, 5.74) is 2.61. The highest BCUT2D eigenvalue weighted by atomic mass is 79.9. The number of thioether (sulfide) groups is 1. The SMILES string of the molecule is CSCC[C@H](NC(=O)c1ccc(C=O)c(Br)c1)c1nc2ccc(Cl)cc2[nH]1. The molecule has 5 nitrogen and oxygen atoms in total. The molecule has 0 aliphatic rings. The maximum Gasteiger partial charge on any atom is 0.251 e. The number of carbonyl (C=O) groups is 2. The fraction of sp³-hybridized carbons (Fsp3) is 0.211. The molecule has 140 valence electrons. The van der Waals surface area contributed by atoms with E-state index < -0.39 is 0 Å². The standard InChI is InChI=1S/C19H17BrClN3O2S/c1-27-7-6-16(18-22-15-5-4-13(21)9-17(15)23-18)24-19(26)11-2-3-12(10-25)14(20)8-11/h2-5,8-10,16H,6-7H2,1H3,(H,22,23)(H,24,26)/t16-/m0/s1. The van der Waals surface area contributed by atoms with Gasteiger partial charge in [0.15, 0.2) is 6.29 Å². The number of fused-ring (bicyclic) bond motifs is 1. The molecule has 0 bridgehead atoms. The molecule has 2 N–H and O–H groups in total. The molecule has 8 heteroatoms. The Hall–Kier alpha value is -1.83. The van der Waals surface area contributed by atoms with Crippen molar-refractivity contribution in [3.8, 4) is 0 Å². The van der Waals surface area contributed by atoms with Crippen LogP contribution in [-0.2, 0) is 0 Å². The number of nitrogens with one attached hydrogen (secondary N) is 2. The highest BCUT2D eigenvalue weighted by Crippen LogP contribution is 2.23. The molecule has 0 aliphatic carbocycles. The Labute approximate surface area is 174 Å². The molecule has 0 saturated carbocycles. The Kier molecular flexibility index (Phi) is 6.57. The lowest BCUT2D eigenvalue weighted by Crippen LogP contribution is -2.29. The Morgan fingerprint density at radius 3 is 2.89 bits per heavy atom. The largest absolute Gasteiger partial charge is 0.342 e. The summed E-state index contributed by atoms with van der Waals surface area (Å²) in [6, 6.07) is 10.1. The minimum absolute atomic E-state index is 0.224. The summed E-state index contributed by atoms with van der Waals surface area (Å²) in [5, 5.41) is 3.66. The van der Waals surface area contributed by atoms with E-state index in [9.17, 15) is 9.59 Å². The van der Waals surface area contributed by atoms with E-state index >= 15 is 0 Å². The summed E-state index contributed by atoms with van der Waals surface area (Å²) in [7, 11) is 0. The number of aldehydes is 1. The van der Waals surface area contributed by atoms with Crippen LogP contribution in [0.3, 0.4) is 0 Å². The summed E-state index contributed by atoms with van der Waals surface area (Å²) in [6.07, 6.45) is 3.49. The van der Waals surface area contributed by atoms with Crippen molar-refractivity contribution in [1.82, 2.24) is 15.3 Å². The van der Waals surface area contributed by atoms with Crippen LogP contribution in [0.4, 0.5) is 0 Å². The van der Waals surface area contributed by atoms with E-state index in [0.717, 1.165) is 29.5 Å². The first kappa shape index (κ1) is 19.9. The second-order valence-electron chi connectivity index (χ2n) is 5.95. The third-order valence-electron chi connectivity index (χ3n) is 4.10. The van der Waals surface area contributed by atoms with Crippen LogP contribution in [0.1, 0.15) is 39.0 Å². The van der Waals surface area contributed by atoms with Gasteiger partial charge in [0.1, 0.15) is 5.82 Å². The maximum absolute atomic E-state index is 12.7. The number of imidazole rings is 1. The van der Waals surface area contributed by atoms with Crippen molar-refractivity contribution >= 4 is 62.5 Å². The van der Waals surface area contributed by atoms with Gasteiger partial charge in [-0.15, -0.1) is 0 Å². The van der Waals surface area contributed by atoms with Crippen LogP contribution in [0, 0.1) is 0 Å². The van der Waals surface area contributed by atoms with Crippen LogP contribution in [-0.4, -0.2) is 34.2 Å². The summed E-state index contributed by atoms with van der Waals surface area (Å²) in [6.45, 7) is 0. The van der Waals surface area contributed by atoms with Gasteiger partial charge >= 0.3 is 0 Å². The van der Waals surface area contributed by atoms with Crippen LogP contribution in [0.5, 0.6) is 0 Å². The molecule has 0 aliphatic heterocycles. The number of benzene rings is 2. The van der Waals surface area contributed by atoms with Crippen molar-refractivity contribution in [2.45, 2.75) is 12.5 Å². The van der Waals surface area contributed by atoms with Gasteiger partial charge in [0.05, 0.1) is 17.1 Å². The molecule has 3 aromatic rings. The van der Waals surface area contributed by atoms with Gasteiger partial charge in [0, 0.05) is 20.6 Å². The quantitative estimate of drug-likeness (QED) is 0.480. The molecule has 0 fully saturated rings. The maximum atomic E-state index is 12.7. The number of amides is 1. The van der Waals surface area contributed by atoms with E-state index in [1.54, 1.807) is 36.0 Å². The fourth-order valence-corrected chi connectivity index (χ4v) is 3.80. The van der Waals surface area contributed by atoms with Gasteiger partial charge < -0.3 is 10.3 Å².